The van der Waals surface area contributed by atoms with Crippen LogP contribution in [-0.4, -0.2) is 47.4 Å². The third-order valence-electron chi connectivity index (χ3n) is 4.85. The van der Waals surface area contributed by atoms with Gasteiger partial charge in [-0.3, -0.25) is 19.3 Å². The monoisotopic (exact) mass is 413 g/mol. The summed E-state index contributed by atoms with van der Waals surface area (Å²) >= 11 is 0. The number of hydrogen-bond donors (Lipinski definition) is 2. The van der Waals surface area contributed by atoms with Crippen molar-refractivity contribution in [3.05, 3.63) is 29.8 Å². The number of amides is 4. The Morgan fingerprint density at radius 2 is 1.76 bits per heavy atom. The van der Waals surface area contributed by atoms with E-state index in [1.807, 2.05) is 0 Å². The molecule has 1 aliphatic heterocycles. The summed E-state index contributed by atoms with van der Waals surface area (Å²) in [5.41, 5.74) is -1.72. The highest BCUT2D eigenvalue weighted by Crippen LogP contribution is 2.35. The first-order chi connectivity index (χ1) is 13.6. The minimum atomic E-state index is -4.49. The van der Waals surface area contributed by atoms with Gasteiger partial charge in [-0.1, -0.05) is 12.8 Å². The van der Waals surface area contributed by atoms with Gasteiger partial charge < -0.3 is 15.4 Å². The summed E-state index contributed by atoms with van der Waals surface area (Å²) in [5.74, 6) is -2.21. The minimum Gasteiger partial charge on any atom is -0.454 e. The molecular formula is C18H18F3N3O5. The largest absolute Gasteiger partial charge is 0.454 e. The molecule has 3 rings (SSSR count). The van der Waals surface area contributed by atoms with Crippen LogP contribution in [0.25, 0.3) is 0 Å². The van der Waals surface area contributed by atoms with Crippen molar-refractivity contribution in [2.45, 2.75) is 37.4 Å². The van der Waals surface area contributed by atoms with Gasteiger partial charge in [0.05, 0.1) is 5.56 Å². The molecule has 1 heterocycles. The fourth-order valence-corrected chi connectivity index (χ4v) is 3.40. The second-order valence-corrected chi connectivity index (χ2v) is 6.89. The maximum Gasteiger partial charge on any atom is 0.416 e. The van der Waals surface area contributed by atoms with Crippen LogP contribution >= 0.6 is 0 Å². The predicted molar refractivity (Wildman–Crippen MR) is 92.5 cm³/mol. The molecule has 1 spiro atoms. The van der Waals surface area contributed by atoms with E-state index in [-0.39, 0.29) is 5.69 Å². The summed E-state index contributed by atoms with van der Waals surface area (Å²) in [6, 6.07) is 3.06. The van der Waals surface area contributed by atoms with Gasteiger partial charge in [-0.25, -0.2) is 4.79 Å². The molecule has 0 atom stereocenters. The number of benzene rings is 1. The van der Waals surface area contributed by atoms with Gasteiger partial charge in [-0.2, -0.15) is 13.2 Å². The number of halogens is 3. The number of nitrogens with one attached hydrogen (secondary N) is 2. The van der Waals surface area contributed by atoms with Crippen LogP contribution in [0.4, 0.5) is 23.7 Å². The Kier molecular flexibility index (Phi) is 5.49. The zero-order valence-electron chi connectivity index (χ0n) is 15.2. The van der Waals surface area contributed by atoms with Crippen molar-refractivity contribution in [1.29, 1.82) is 0 Å². The number of esters is 1. The van der Waals surface area contributed by atoms with Gasteiger partial charge in [0.1, 0.15) is 12.1 Å². The summed E-state index contributed by atoms with van der Waals surface area (Å²) in [6.07, 6.45) is -1.87. The van der Waals surface area contributed by atoms with Gasteiger partial charge in [0, 0.05) is 5.69 Å². The molecule has 0 radical (unpaired) electrons. The molecule has 2 N–H and O–H groups in total. The van der Waals surface area contributed by atoms with E-state index in [2.05, 4.69) is 10.6 Å². The van der Waals surface area contributed by atoms with E-state index in [0.29, 0.717) is 12.8 Å². The molecule has 156 valence electrons. The number of anilines is 1. The van der Waals surface area contributed by atoms with Gasteiger partial charge in [0.15, 0.2) is 6.61 Å². The van der Waals surface area contributed by atoms with Crippen LogP contribution in [0, 0.1) is 0 Å². The molecule has 1 saturated heterocycles. The summed E-state index contributed by atoms with van der Waals surface area (Å²) in [5, 5.41) is 4.90. The number of carbonyl (C=O) groups excluding carboxylic acids is 4. The first-order valence-electron chi connectivity index (χ1n) is 8.88. The van der Waals surface area contributed by atoms with Crippen molar-refractivity contribution in [2.24, 2.45) is 0 Å². The highest BCUT2D eigenvalue weighted by molar-refractivity contribution is 6.09. The standard InChI is InChI=1S/C18H18F3N3O5/c19-18(20,21)11-3-5-12(6-4-11)22-13(25)10-29-14(26)9-24-15(27)17(23-16(24)28)7-1-2-8-17/h3-6H,1-2,7-10H2,(H,22,25)(H,23,28). The molecule has 1 aromatic carbocycles. The Bertz CT molecular complexity index is 832. The first kappa shape index (κ1) is 20.6. The van der Waals surface area contributed by atoms with E-state index in [0.717, 1.165) is 42.0 Å². The number of hydrogen-bond acceptors (Lipinski definition) is 5. The van der Waals surface area contributed by atoms with E-state index in [4.69, 9.17) is 4.74 Å². The van der Waals surface area contributed by atoms with Crippen LogP contribution < -0.4 is 10.6 Å². The maximum atomic E-state index is 12.5. The SMILES string of the molecule is O=C(COC(=O)CN1C(=O)NC2(CCCC2)C1=O)Nc1ccc(C(F)(F)F)cc1. The molecule has 11 heteroatoms. The molecule has 1 aliphatic carbocycles. The molecule has 0 bridgehead atoms. The van der Waals surface area contributed by atoms with Crippen molar-refractivity contribution in [3.8, 4) is 0 Å². The number of nitrogens with zero attached hydrogens (tertiary/aromatic N) is 1. The van der Waals surface area contributed by atoms with Crippen molar-refractivity contribution in [3.63, 3.8) is 0 Å². The van der Waals surface area contributed by atoms with Crippen LogP contribution in [0.1, 0.15) is 31.2 Å². The van der Waals surface area contributed by atoms with Crippen LogP contribution in [0.5, 0.6) is 0 Å². The molecule has 29 heavy (non-hydrogen) atoms. The topological polar surface area (TPSA) is 105 Å². The molecule has 8 nitrogen and oxygen atoms in total. The highest BCUT2D eigenvalue weighted by Gasteiger charge is 2.52. The van der Waals surface area contributed by atoms with Crippen LogP contribution in [0.15, 0.2) is 24.3 Å². The summed E-state index contributed by atoms with van der Waals surface area (Å²) in [6.45, 7) is -1.34. The van der Waals surface area contributed by atoms with Crippen LogP contribution in [0.3, 0.4) is 0 Å². The Hall–Kier alpha value is -3.11. The van der Waals surface area contributed by atoms with Gasteiger partial charge in [0.25, 0.3) is 11.8 Å². The van der Waals surface area contributed by atoms with Crippen molar-refractivity contribution >= 4 is 29.5 Å². The van der Waals surface area contributed by atoms with E-state index in [1.165, 1.54) is 0 Å². The maximum absolute atomic E-state index is 12.5. The van der Waals surface area contributed by atoms with Crippen molar-refractivity contribution in [1.82, 2.24) is 10.2 Å². The fraction of sp³-hybridized carbons (Fsp3) is 0.444. The smallest absolute Gasteiger partial charge is 0.416 e. The number of rotatable bonds is 5. The lowest BCUT2D eigenvalue weighted by Gasteiger charge is -2.19. The van der Waals surface area contributed by atoms with Crippen molar-refractivity contribution < 1.29 is 37.1 Å². The lowest BCUT2D eigenvalue weighted by molar-refractivity contribution is -0.150. The molecule has 1 aromatic rings. The third-order valence-corrected chi connectivity index (χ3v) is 4.85. The highest BCUT2D eigenvalue weighted by atomic mass is 19.4. The number of carbonyl (C=O) groups is 4. The van der Waals surface area contributed by atoms with Crippen molar-refractivity contribution in [2.75, 3.05) is 18.5 Å². The first-order valence-corrected chi connectivity index (χ1v) is 8.88. The van der Waals surface area contributed by atoms with Gasteiger partial charge in [0.2, 0.25) is 0 Å². The Labute approximate surface area is 163 Å². The molecule has 0 unspecified atom stereocenters. The molecule has 1 saturated carbocycles. The van der Waals surface area contributed by atoms with Crippen LogP contribution in [-0.2, 0) is 25.3 Å². The quantitative estimate of drug-likeness (QED) is 0.568. The second-order valence-electron chi connectivity index (χ2n) is 6.89. The van der Waals surface area contributed by atoms with E-state index in [1.54, 1.807) is 0 Å². The fourth-order valence-electron chi connectivity index (χ4n) is 3.40. The van der Waals surface area contributed by atoms with E-state index >= 15 is 0 Å². The normalized spacial score (nSPS) is 18.1. The Morgan fingerprint density at radius 3 is 2.34 bits per heavy atom. The van der Waals surface area contributed by atoms with Gasteiger partial charge in [-0.05, 0) is 37.1 Å². The lowest BCUT2D eigenvalue weighted by Crippen LogP contribution is -2.44. The van der Waals surface area contributed by atoms with Crippen LogP contribution in [0.2, 0.25) is 0 Å². The number of imide groups is 1. The van der Waals surface area contributed by atoms with E-state index < -0.39 is 54.2 Å². The second kappa shape index (κ2) is 7.72. The lowest BCUT2D eigenvalue weighted by atomic mass is 9.98. The molecule has 2 fully saturated rings. The number of urea groups is 1. The van der Waals surface area contributed by atoms with Gasteiger partial charge in [-0.15, -0.1) is 0 Å². The van der Waals surface area contributed by atoms with Gasteiger partial charge >= 0.3 is 18.2 Å². The zero-order chi connectivity index (χ0) is 21.2. The predicted octanol–water partition coefficient (Wildman–Crippen LogP) is 2.05. The average molecular weight is 413 g/mol. The summed E-state index contributed by atoms with van der Waals surface area (Å²) in [4.78, 5) is 48.9. The molecule has 4 amide bonds. The average Bonchev–Trinajstić information content (AvgIpc) is 3.21. The Morgan fingerprint density at radius 1 is 1.14 bits per heavy atom. The minimum absolute atomic E-state index is 0.0938. The summed E-state index contributed by atoms with van der Waals surface area (Å²) in [7, 11) is 0. The molecule has 0 aromatic heterocycles. The number of alkyl halides is 3. The zero-order valence-corrected chi connectivity index (χ0v) is 15.2. The molecular weight excluding hydrogens is 395 g/mol. The summed E-state index contributed by atoms with van der Waals surface area (Å²) < 4.78 is 42.3. The number of ether oxygens (including phenoxy) is 1. The van der Waals surface area contributed by atoms with E-state index in [9.17, 15) is 32.3 Å². The third kappa shape index (κ3) is 4.49. The molecule has 2 aliphatic rings. The Balaban J connectivity index is 1.47.